The highest BCUT2D eigenvalue weighted by atomic mass is 16.5. The van der Waals surface area contributed by atoms with Crippen molar-refractivity contribution < 1.29 is 14.3 Å². The summed E-state index contributed by atoms with van der Waals surface area (Å²) in [5, 5.41) is 3.95. The van der Waals surface area contributed by atoms with Crippen LogP contribution in [0.2, 0.25) is 0 Å². The van der Waals surface area contributed by atoms with Crippen LogP contribution in [0, 0.1) is 0 Å². The summed E-state index contributed by atoms with van der Waals surface area (Å²) >= 11 is 0. The third-order valence-electron chi connectivity index (χ3n) is 3.07. The molecule has 0 fully saturated rings. The molecule has 0 bridgehead atoms. The van der Waals surface area contributed by atoms with Crippen LogP contribution in [0.25, 0.3) is 0 Å². The van der Waals surface area contributed by atoms with E-state index in [9.17, 15) is 4.79 Å². The molecule has 0 aliphatic rings. The molecule has 0 saturated heterocycles. The monoisotopic (exact) mass is 293 g/mol. The molecule has 0 saturated carbocycles. The average Bonchev–Trinajstić information content (AvgIpc) is 2.52. The molecule has 6 heteroatoms. The predicted octanol–water partition coefficient (Wildman–Crippen LogP) is 1.50. The Balaban J connectivity index is 2.59. The fourth-order valence-electron chi connectivity index (χ4n) is 1.80. The Morgan fingerprint density at radius 3 is 2.48 bits per heavy atom. The van der Waals surface area contributed by atoms with Crippen LogP contribution in [0.5, 0.6) is 11.5 Å². The molecule has 0 radical (unpaired) electrons. The summed E-state index contributed by atoms with van der Waals surface area (Å²) in [7, 11) is 3.16. The largest absolute Gasteiger partial charge is 0.493 e. The number of amides is 1. The summed E-state index contributed by atoms with van der Waals surface area (Å²) in [6, 6.07) is 5.41. The van der Waals surface area contributed by atoms with Gasteiger partial charge in [-0.05, 0) is 36.9 Å². The molecule has 0 atom stereocenters. The van der Waals surface area contributed by atoms with Crippen LogP contribution in [-0.4, -0.2) is 50.9 Å². The fourth-order valence-corrected chi connectivity index (χ4v) is 1.80. The van der Waals surface area contributed by atoms with Gasteiger partial charge in [0, 0.05) is 0 Å². The van der Waals surface area contributed by atoms with E-state index in [0.717, 1.165) is 18.7 Å². The number of methoxy groups -OCH3 is 2. The summed E-state index contributed by atoms with van der Waals surface area (Å²) in [5.74, 6) is 1.14. The molecule has 1 aromatic rings. The third-order valence-corrected chi connectivity index (χ3v) is 3.07. The number of hydrazone groups is 1. The van der Waals surface area contributed by atoms with Gasteiger partial charge in [0.05, 0.1) is 27.0 Å². The number of likely N-dealkylation sites (N-methyl/N-ethyl adjacent to an activating group) is 1. The van der Waals surface area contributed by atoms with E-state index in [0.29, 0.717) is 18.0 Å². The van der Waals surface area contributed by atoms with Crippen molar-refractivity contribution in [2.24, 2.45) is 5.10 Å². The molecule has 0 heterocycles. The Labute approximate surface area is 125 Å². The lowest BCUT2D eigenvalue weighted by Crippen LogP contribution is -2.35. The minimum absolute atomic E-state index is 0.129. The van der Waals surface area contributed by atoms with E-state index in [2.05, 4.69) is 10.5 Å². The van der Waals surface area contributed by atoms with Crippen LogP contribution in [-0.2, 0) is 4.79 Å². The molecule has 6 nitrogen and oxygen atoms in total. The highest BCUT2D eigenvalue weighted by Gasteiger charge is 2.06. The summed E-state index contributed by atoms with van der Waals surface area (Å²) in [6.45, 7) is 6.05. The molecular weight excluding hydrogens is 270 g/mol. The maximum atomic E-state index is 11.7. The van der Waals surface area contributed by atoms with Crippen molar-refractivity contribution in [1.29, 1.82) is 0 Å². The van der Waals surface area contributed by atoms with Gasteiger partial charge in [0.1, 0.15) is 0 Å². The van der Waals surface area contributed by atoms with E-state index < -0.39 is 0 Å². The predicted molar refractivity (Wildman–Crippen MR) is 83.1 cm³/mol. The van der Waals surface area contributed by atoms with E-state index in [-0.39, 0.29) is 5.91 Å². The van der Waals surface area contributed by atoms with Crippen molar-refractivity contribution in [1.82, 2.24) is 10.3 Å². The first kappa shape index (κ1) is 17.0. The Hall–Kier alpha value is -2.08. The van der Waals surface area contributed by atoms with Crippen molar-refractivity contribution in [3.8, 4) is 11.5 Å². The Bertz CT molecular complexity index is 485. The van der Waals surface area contributed by atoms with Crippen LogP contribution in [0.3, 0.4) is 0 Å². The van der Waals surface area contributed by atoms with Gasteiger partial charge in [0.2, 0.25) is 0 Å². The van der Waals surface area contributed by atoms with Crippen LogP contribution in [0.1, 0.15) is 19.4 Å². The van der Waals surface area contributed by atoms with Gasteiger partial charge in [0.25, 0.3) is 5.91 Å². The molecular formula is C15H23N3O3. The first-order valence-electron chi connectivity index (χ1n) is 6.90. The van der Waals surface area contributed by atoms with Gasteiger partial charge >= 0.3 is 0 Å². The molecule has 0 aliphatic carbocycles. The minimum Gasteiger partial charge on any atom is -0.493 e. The van der Waals surface area contributed by atoms with E-state index in [4.69, 9.17) is 9.47 Å². The molecule has 0 unspecified atom stereocenters. The SMILES string of the molecule is CCN(CC)CC(=O)N/N=C/c1ccc(OC)c(OC)c1. The second-order valence-electron chi connectivity index (χ2n) is 4.37. The first-order valence-corrected chi connectivity index (χ1v) is 6.90. The van der Waals surface area contributed by atoms with Crippen molar-refractivity contribution in [2.75, 3.05) is 33.9 Å². The molecule has 1 amide bonds. The number of nitrogens with zero attached hydrogens (tertiary/aromatic N) is 2. The fraction of sp³-hybridized carbons (Fsp3) is 0.467. The molecule has 0 aliphatic heterocycles. The van der Waals surface area contributed by atoms with Gasteiger partial charge in [-0.2, -0.15) is 5.10 Å². The van der Waals surface area contributed by atoms with E-state index in [1.54, 1.807) is 32.6 Å². The van der Waals surface area contributed by atoms with Crippen LogP contribution in [0.15, 0.2) is 23.3 Å². The number of carbonyl (C=O) groups is 1. The number of nitrogens with one attached hydrogen (secondary N) is 1. The molecule has 1 aromatic carbocycles. The van der Waals surface area contributed by atoms with Crippen molar-refractivity contribution in [3.63, 3.8) is 0 Å². The molecule has 0 aromatic heterocycles. The van der Waals surface area contributed by atoms with E-state index in [1.165, 1.54) is 0 Å². The van der Waals surface area contributed by atoms with Crippen molar-refractivity contribution in [2.45, 2.75) is 13.8 Å². The second-order valence-corrected chi connectivity index (χ2v) is 4.37. The molecule has 1 N–H and O–H groups in total. The van der Waals surface area contributed by atoms with Crippen molar-refractivity contribution in [3.05, 3.63) is 23.8 Å². The van der Waals surface area contributed by atoms with Gasteiger partial charge in [-0.1, -0.05) is 13.8 Å². The molecule has 116 valence electrons. The second kappa shape index (κ2) is 8.97. The van der Waals surface area contributed by atoms with Crippen molar-refractivity contribution >= 4 is 12.1 Å². The molecule has 1 rings (SSSR count). The van der Waals surface area contributed by atoms with Crippen LogP contribution in [0.4, 0.5) is 0 Å². The number of benzene rings is 1. The Kier molecular flexibility index (Phi) is 7.25. The third kappa shape index (κ3) is 5.43. The van der Waals surface area contributed by atoms with Crippen LogP contribution < -0.4 is 14.9 Å². The summed E-state index contributed by atoms with van der Waals surface area (Å²) < 4.78 is 10.4. The van der Waals surface area contributed by atoms with Gasteiger partial charge in [0.15, 0.2) is 11.5 Å². The zero-order chi connectivity index (χ0) is 15.7. The zero-order valence-electron chi connectivity index (χ0n) is 13.0. The lowest BCUT2D eigenvalue weighted by atomic mass is 10.2. The lowest BCUT2D eigenvalue weighted by Gasteiger charge is -2.15. The summed E-state index contributed by atoms with van der Waals surface area (Å²) in [5.41, 5.74) is 3.33. The van der Waals surface area contributed by atoms with Gasteiger partial charge in [-0.3, -0.25) is 9.69 Å². The topological polar surface area (TPSA) is 63.2 Å². The van der Waals surface area contributed by atoms with E-state index >= 15 is 0 Å². The zero-order valence-corrected chi connectivity index (χ0v) is 13.0. The highest BCUT2D eigenvalue weighted by molar-refractivity contribution is 5.83. The summed E-state index contributed by atoms with van der Waals surface area (Å²) in [6.07, 6.45) is 1.57. The van der Waals surface area contributed by atoms with Gasteiger partial charge in [-0.15, -0.1) is 0 Å². The normalized spacial score (nSPS) is 10.9. The van der Waals surface area contributed by atoms with Gasteiger partial charge < -0.3 is 9.47 Å². The van der Waals surface area contributed by atoms with Gasteiger partial charge in [-0.25, -0.2) is 5.43 Å². The number of hydrogen-bond acceptors (Lipinski definition) is 5. The lowest BCUT2D eigenvalue weighted by molar-refractivity contribution is -0.122. The maximum Gasteiger partial charge on any atom is 0.254 e. The quantitative estimate of drug-likeness (QED) is 0.583. The average molecular weight is 293 g/mol. The number of ether oxygens (including phenoxy) is 2. The number of hydrogen-bond donors (Lipinski definition) is 1. The van der Waals surface area contributed by atoms with E-state index in [1.807, 2.05) is 24.8 Å². The smallest absolute Gasteiger partial charge is 0.254 e. The standard InChI is InChI=1S/C15H23N3O3/c1-5-18(6-2)11-15(19)17-16-10-12-7-8-13(20-3)14(9-12)21-4/h7-10H,5-6,11H2,1-4H3,(H,17,19)/b16-10+. The number of rotatable bonds is 8. The van der Waals surface area contributed by atoms with Crippen LogP contribution >= 0.6 is 0 Å². The maximum absolute atomic E-state index is 11.7. The Morgan fingerprint density at radius 1 is 1.24 bits per heavy atom. The Morgan fingerprint density at radius 2 is 1.90 bits per heavy atom. The number of carbonyl (C=O) groups excluding carboxylic acids is 1. The highest BCUT2D eigenvalue weighted by Crippen LogP contribution is 2.26. The minimum atomic E-state index is -0.129. The summed E-state index contributed by atoms with van der Waals surface area (Å²) in [4.78, 5) is 13.7. The first-order chi connectivity index (χ1) is 10.1. The molecule has 21 heavy (non-hydrogen) atoms. The molecule has 0 spiro atoms.